The van der Waals surface area contributed by atoms with Crippen molar-refractivity contribution in [2.24, 2.45) is 11.3 Å². The molecule has 2 aliphatic rings. The standard InChI is InChI=1S/C15H26N2O3/c1-11(2)8-12-14(19)17(9-13(18)16-12)10-15(3)4-6-20-7-5-15/h11-12H,4-10H2,1-3H3,(H,16,18). The van der Waals surface area contributed by atoms with E-state index in [0.717, 1.165) is 26.1 Å². The summed E-state index contributed by atoms with van der Waals surface area (Å²) in [7, 11) is 0. The van der Waals surface area contributed by atoms with Gasteiger partial charge in [0.25, 0.3) is 0 Å². The molecule has 1 unspecified atom stereocenters. The van der Waals surface area contributed by atoms with Crippen LogP contribution in [0.3, 0.4) is 0 Å². The molecule has 5 nitrogen and oxygen atoms in total. The van der Waals surface area contributed by atoms with E-state index in [0.29, 0.717) is 18.9 Å². The number of nitrogens with zero attached hydrogens (tertiary/aromatic N) is 1. The Morgan fingerprint density at radius 1 is 1.35 bits per heavy atom. The first-order chi connectivity index (χ1) is 9.39. The molecular weight excluding hydrogens is 256 g/mol. The van der Waals surface area contributed by atoms with Crippen LogP contribution in [0.5, 0.6) is 0 Å². The topological polar surface area (TPSA) is 58.6 Å². The zero-order valence-corrected chi connectivity index (χ0v) is 12.8. The number of nitrogens with one attached hydrogen (secondary N) is 1. The largest absolute Gasteiger partial charge is 0.381 e. The first-order valence-electron chi connectivity index (χ1n) is 7.55. The molecule has 2 heterocycles. The molecule has 0 aliphatic carbocycles. The SMILES string of the molecule is CC(C)CC1NC(=O)CN(CC2(C)CCOCC2)C1=O. The van der Waals surface area contributed by atoms with Gasteiger partial charge < -0.3 is 15.0 Å². The van der Waals surface area contributed by atoms with Gasteiger partial charge >= 0.3 is 0 Å². The Hall–Kier alpha value is -1.10. The third-order valence-electron chi connectivity index (χ3n) is 4.26. The monoisotopic (exact) mass is 282 g/mol. The van der Waals surface area contributed by atoms with Crippen LogP contribution >= 0.6 is 0 Å². The number of carbonyl (C=O) groups is 2. The predicted molar refractivity (Wildman–Crippen MR) is 76.1 cm³/mol. The summed E-state index contributed by atoms with van der Waals surface area (Å²) in [5, 5.41) is 2.82. The van der Waals surface area contributed by atoms with Gasteiger partial charge in [-0.25, -0.2) is 0 Å². The average Bonchev–Trinajstić information content (AvgIpc) is 2.35. The third kappa shape index (κ3) is 3.72. The van der Waals surface area contributed by atoms with Gasteiger partial charge in [-0.3, -0.25) is 9.59 Å². The zero-order chi connectivity index (χ0) is 14.8. The Morgan fingerprint density at radius 3 is 2.60 bits per heavy atom. The van der Waals surface area contributed by atoms with E-state index < -0.39 is 0 Å². The first kappa shape index (κ1) is 15.3. The summed E-state index contributed by atoms with van der Waals surface area (Å²) in [6.45, 7) is 8.69. The fourth-order valence-corrected chi connectivity index (χ4v) is 3.02. The van der Waals surface area contributed by atoms with Gasteiger partial charge in [0.1, 0.15) is 6.04 Å². The highest BCUT2D eigenvalue weighted by Gasteiger charge is 2.37. The molecule has 1 N–H and O–H groups in total. The number of carbonyl (C=O) groups excluding carboxylic acids is 2. The number of amides is 2. The van der Waals surface area contributed by atoms with Crippen molar-refractivity contribution >= 4 is 11.8 Å². The molecule has 0 saturated carbocycles. The number of hydrogen-bond acceptors (Lipinski definition) is 3. The van der Waals surface area contributed by atoms with Crippen molar-refractivity contribution in [3.63, 3.8) is 0 Å². The van der Waals surface area contributed by atoms with Crippen molar-refractivity contribution in [1.82, 2.24) is 10.2 Å². The van der Waals surface area contributed by atoms with E-state index in [9.17, 15) is 9.59 Å². The van der Waals surface area contributed by atoms with E-state index in [2.05, 4.69) is 26.1 Å². The molecule has 2 saturated heterocycles. The highest BCUT2D eigenvalue weighted by atomic mass is 16.5. The molecule has 0 bridgehead atoms. The second-order valence-corrected chi connectivity index (χ2v) is 6.87. The van der Waals surface area contributed by atoms with Gasteiger partial charge in [-0.15, -0.1) is 0 Å². The predicted octanol–water partition coefficient (Wildman–Crippen LogP) is 1.18. The lowest BCUT2D eigenvalue weighted by Crippen LogP contribution is -2.60. The minimum Gasteiger partial charge on any atom is -0.381 e. The summed E-state index contributed by atoms with van der Waals surface area (Å²) in [6, 6.07) is -0.348. The third-order valence-corrected chi connectivity index (χ3v) is 4.26. The zero-order valence-electron chi connectivity index (χ0n) is 12.8. The van der Waals surface area contributed by atoms with Crippen LogP contribution in [0.2, 0.25) is 0 Å². The summed E-state index contributed by atoms with van der Waals surface area (Å²) in [6.07, 6.45) is 2.61. The van der Waals surface area contributed by atoms with Gasteiger partial charge in [-0.2, -0.15) is 0 Å². The molecule has 0 radical (unpaired) electrons. The summed E-state index contributed by atoms with van der Waals surface area (Å²) in [4.78, 5) is 26.1. The smallest absolute Gasteiger partial charge is 0.245 e. The highest BCUT2D eigenvalue weighted by Crippen LogP contribution is 2.31. The second-order valence-electron chi connectivity index (χ2n) is 6.87. The van der Waals surface area contributed by atoms with Crippen LogP contribution in [0.4, 0.5) is 0 Å². The van der Waals surface area contributed by atoms with E-state index in [1.165, 1.54) is 0 Å². The van der Waals surface area contributed by atoms with Crippen molar-refractivity contribution in [2.45, 2.75) is 46.1 Å². The van der Waals surface area contributed by atoms with Crippen molar-refractivity contribution in [3.05, 3.63) is 0 Å². The highest BCUT2D eigenvalue weighted by molar-refractivity contribution is 5.94. The maximum atomic E-state index is 12.5. The van der Waals surface area contributed by atoms with E-state index in [1.807, 2.05) is 0 Å². The molecule has 2 fully saturated rings. The molecule has 1 atom stereocenters. The van der Waals surface area contributed by atoms with E-state index >= 15 is 0 Å². The quantitative estimate of drug-likeness (QED) is 0.842. The second kappa shape index (κ2) is 6.12. The molecule has 0 aromatic rings. The fraction of sp³-hybridized carbons (Fsp3) is 0.867. The Bertz CT molecular complexity index is 375. The molecule has 20 heavy (non-hydrogen) atoms. The van der Waals surface area contributed by atoms with Gasteiger partial charge in [0.2, 0.25) is 11.8 Å². The first-order valence-corrected chi connectivity index (χ1v) is 7.55. The van der Waals surface area contributed by atoms with Crippen LogP contribution in [0.15, 0.2) is 0 Å². The van der Waals surface area contributed by atoms with Crippen molar-refractivity contribution in [1.29, 1.82) is 0 Å². The van der Waals surface area contributed by atoms with Crippen LogP contribution in [0, 0.1) is 11.3 Å². The molecule has 0 aromatic heterocycles. The maximum Gasteiger partial charge on any atom is 0.245 e. The number of rotatable bonds is 4. The molecular formula is C15H26N2O3. The lowest BCUT2D eigenvalue weighted by Gasteiger charge is -2.41. The van der Waals surface area contributed by atoms with Gasteiger partial charge in [-0.05, 0) is 30.6 Å². The Kier molecular flexibility index (Phi) is 4.68. The Labute approximate surface area is 121 Å². The normalized spacial score (nSPS) is 26.8. The van der Waals surface area contributed by atoms with E-state index in [4.69, 9.17) is 4.74 Å². The Morgan fingerprint density at radius 2 is 2.00 bits per heavy atom. The lowest BCUT2D eigenvalue weighted by molar-refractivity contribution is -0.147. The summed E-state index contributed by atoms with van der Waals surface area (Å²) in [5.41, 5.74) is 0.0773. The summed E-state index contributed by atoms with van der Waals surface area (Å²) >= 11 is 0. The molecule has 114 valence electrons. The van der Waals surface area contributed by atoms with Crippen LogP contribution in [0.25, 0.3) is 0 Å². The number of ether oxygens (including phenoxy) is 1. The maximum absolute atomic E-state index is 12.5. The average molecular weight is 282 g/mol. The fourth-order valence-electron chi connectivity index (χ4n) is 3.02. The lowest BCUT2D eigenvalue weighted by atomic mass is 9.81. The van der Waals surface area contributed by atoms with E-state index in [1.54, 1.807) is 4.90 Å². The van der Waals surface area contributed by atoms with Crippen LogP contribution in [0.1, 0.15) is 40.0 Å². The number of piperazine rings is 1. The van der Waals surface area contributed by atoms with Gasteiger partial charge in [-0.1, -0.05) is 20.8 Å². The van der Waals surface area contributed by atoms with Crippen LogP contribution < -0.4 is 5.32 Å². The van der Waals surface area contributed by atoms with Crippen molar-refractivity contribution in [3.8, 4) is 0 Å². The molecule has 2 aliphatic heterocycles. The minimum atomic E-state index is -0.348. The van der Waals surface area contributed by atoms with Crippen molar-refractivity contribution < 1.29 is 14.3 Å². The number of hydrogen-bond donors (Lipinski definition) is 1. The summed E-state index contributed by atoms with van der Waals surface area (Å²) in [5.74, 6) is 0.430. The van der Waals surface area contributed by atoms with Gasteiger partial charge in [0.15, 0.2) is 0 Å². The molecule has 0 aromatic carbocycles. The minimum absolute atomic E-state index is 0.0362. The molecule has 2 rings (SSSR count). The molecule has 5 heteroatoms. The van der Waals surface area contributed by atoms with Gasteiger partial charge in [0, 0.05) is 19.8 Å². The van der Waals surface area contributed by atoms with Crippen molar-refractivity contribution in [2.75, 3.05) is 26.3 Å². The van der Waals surface area contributed by atoms with Crippen LogP contribution in [-0.4, -0.2) is 49.1 Å². The van der Waals surface area contributed by atoms with Gasteiger partial charge in [0.05, 0.1) is 6.54 Å². The Balaban J connectivity index is 2.02. The van der Waals surface area contributed by atoms with Crippen LogP contribution in [-0.2, 0) is 14.3 Å². The summed E-state index contributed by atoms with van der Waals surface area (Å²) < 4.78 is 5.39. The molecule has 0 spiro atoms. The van der Waals surface area contributed by atoms with E-state index in [-0.39, 0.29) is 29.8 Å². The molecule has 2 amide bonds.